The van der Waals surface area contributed by atoms with E-state index < -0.39 is 0 Å². The monoisotopic (exact) mass is 301 g/mol. The number of rotatable bonds is 3. The van der Waals surface area contributed by atoms with Crippen molar-refractivity contribution in [3.63, 3.8) is 0 Å². The van der Waals surface area contributed by atoms with Crippen LogP contribution in [0.15, 0.2) is 18.6 Å². The fourth-order valence-electron chi connectivity index (χ4n) is 3.82. The molecule has 4 rings (SSSR count). The predicted molar refractivity (Wildman–Crippen MR) is 81.4 cm³/mol. The summed E-state index contributed by atoms with van der Waals surface area (Å²) in [7, 11) is 2.07. The Balaban J connectivity index is 1.43. The number of amides is 1. The molecule has 0 unspecified atom stereocenters. The molecule has 0 aromatic carbocycles. The molecular formula is C15H19N5O2. The van der Waals surface area contributed by atoms with Crippen LogP contribution in [0.1, 0.15) is 12.8 Å². The first-order valence-electron chi connectivity index (χ1n) is 7.51. The van der Waals surface area contributed by atoms with E-state index in [1.165, 1.54) is 0 Å². The van der Waals surface area contributed by atoms with Crippen molar-refractivity contribution in [1.29, 1.82) is 0 Å². The first-order valence-corrected chi connectivity index (χ1v) is 7.51. The van der Waals surface area contributed by atoms with Crippen molar-refractivity contribution < 1.29 is 9.90 Å². The van der Waals surface area contributed by atoms with Crippen LogP contribution < -0.4 is 4.90 Å². The highest BCUT2D eigenvalue weighted by Crippen LogP contribution is 2.50. The van der Waals surface area contributed by atoms with Crippen LogP contribution in [0, 0.1) is 5.41 Å². The largest absolute Gasteiger partial charge is 0.387 e. The summed E-state index contributed by atoms with van der Waals surface area (Å²) in [4.78, 5) is 27.1. The average molecular weight is 301 g/mol. The second-order valence-electron chi connectivity index (χ2n) is 6.52. The molecule has 116 valence electrons. The first kappa shape index (κ1) is 13.5. The minimum atomic E-state index is -0.383. The smallest absolute Gasteiger partial charge is 0.248 e. The molecule has 1 aliphatic heterocycles. The molecule has 2 N–H and O–H groups in total. The minimum Gasteiger partial charge on any atom is -0.387 e. The second-order valence-corrected chi connectivity index (χ2v) is 6.52. The van der Waals surface area contributed by atoms with Gasteiger partial charge in [-0.3, -0.25) is 4.79 Å². The molecule has 0 atom stereocenters. The molecule has 1 aliphatic carbocycles. The number of carbonyl (C=O) groups excluding carboxylic acids is 1. The van der Waals surface area contributed by atoms with Gasteiger partial charge in [0, 0.05) is 37.8 Å². The van der Waals surface area contributed by atoms with Crippen LogP contribution in [0.5, 0.6) is 0 Å². The third-order valence-corrected chi connectivity index (χ3v) is 5.09. The lowest BCUT2D eigenvalue weighted by Crippen LogP contribution is -2.67. The fourth-order valence-corrected chi connectivity index (χ4v) is 3.82. The molecule has 1 spiro atoms. The second kappa shape index (κ2) is 4.67. The molecule has 3 heterocycles. The number of nitrogens with zero attached hydrogens (tertiary/aromatic N) is 4. The summed E-state index contributed by atoms with van der Waals surface area (Å²) in [5, 5.41) is 9.92. The average Bonchev–Trinajstić information content (AvgIpc) is 2.91. The van der Waals surface area contributed by atoms with Crippen LogP contribution in [0.4, 0.5) is 5.82 Å². The van der Waals surface area contributed by atoms with Crippen LogP contribution in [-0.2, 0) is 4.79 Å². The Morgan fingerprint density at radius 2 is 2.27 bits per heavy atom. The Morgan fingerprint density at radius 3 is 3.00 bits per heavy atom. The van der Waals surface area contributed by atoms with Crippen LogP contribution in [0.25, 0.3) is 11.0 Å². The Hall–Kier alpha value is -2.15. The Labute approximate surface area is 128 Å². The summed E-state index contributed by atoms with van der Waals surface area (Å²) in [5.41, 5.74) is 1.11. The van der Waals surface area contributed by atoms with Crippen molar-refractivity contribution in [3.8, 4) is 0 Å². The van der Waals surface area contributed by atoms with E-state index >= 15 is 0 Å². The summed E-state index contributed by atoms with van der Waals surface area (Å²) >= 11 is 0. The van der Waals surface area contributed by atoms with Gasteiger partial charge in [0.15, 0.2) is 0 Å². The van der Waals surface area contributed by atoms with E-state index in [1.807, 2.05) is 12.3 Å². The molecule has 1 saturated heterocycles. The molecule has 2 aromatic rings. The van der Waals surface area contributed by atoms with E-state index in [2.05, 4.69) is 26.9 Å². The standard InChI is InChI=1S/C15H19N5O2/c1-19(14-11-2-3-16-13(11)17-9-18-14)10-4-15(5-10)7-20(8-15)12(22)6-21/h2-3,9-10,21H,4-8H2,1H3,(H,16,17,18). The van der Waals surface area contributed by atoms with E-state index in [9.17, 15) is 4.79 Å². The van der Waals surface area contributed by atoms with Gasteiger partial charge in [0.2, 0.25) is 5.91 Å². The molecule has 7 heteroatoms. The van der Waals surface area contributed by atoms with Crippen molar-refractivity contribution in [2.45, 2.75) is 18.9 Å². The number of anilines is 1. The molecule has 2 fully saturated rings. The van der Waals surface area contributed by atoms with Gasteiger partial charge in [-0.15, -0.1) is 0 Å². The van der Waals surface area contributed by atoms with Crippen molar-refractivity contribution in [1.82, 2.24) is 19.9 Å². The van der Waals surface area contributed by atoms with Crippen molar-refractivity contribution in [3.05, 3.63) is 18.6 Å². The number of hydrogen-bond acceptors (Lipinski definition) is 5. The van der Waals surface area contributed by atoms with Gasteiger partial charge in [-0.25, -0.2) is 9.97 Å². The highest BCUT2D eigenvalue weighted by Gasteiger charge is 2.54. The Kier molecular flexibility index (Phi) is 2.87. The van der Waals surface area contributed by atoms with E-state index in [4.69, 9.17) is 5.11 Å². The third kappa shape index (κ3) is 1.89. The van der Waals surface area contributed by atoms with Gasteiger partial charge >= 0.3 is 0 Å². The van der Waals surface area contributed by atoms with E-state index in [0.29, 0.717) is 6.04 Å². The van der Waals surface area contributed by atoms with Gasteiger partial charge in [0.25, 0.3) is 0 Å². The molecular weight excluding hydrogens is 282 g/mol. The number of likely N-dealkylation sites (tertiary alicyclic amines) is 1. The zero-order valence-electron chi connectivity index (χ0n) is 12.5. The molecule has 22 heavy (non-hydrogen) atoms. The highest BCUT2D eigenvalue weighted by atomic mass is 16.3. The number of carbonyl (C=O) groups is 1. The number of hydrogen-bond donors (Lipinski definition) is 2. The quantitative estimate of drug-likeness (QED) is 0.856. The Bertz CT molecular complexity index is 714. The van der Waals surface area contributed by atoms with Gasteiger partial charge in [-0.1, -0.05) is 0 Å². The summed E-state index contributed by atoms with van der Waals surface area (Å²) < 4.78 is 0. The number of aliphatic hydroxyl groups excluding tert-OH is 1. The van der Waals surface area contributed by atoms with Crippen LogP contribution >= 0.6 is 0 Å². The lowest BCUT2D eigenvalue weighted by molar-refractivity contribution is -0.154. The summed E-state index contributed by atoms with van der Waals surface area (Å²) in [5.74, 6) is 0.793. The molecule has 2 aromatic heterocycles. The van der Waals surface area contributed by atoms with Crippen molar-refractivity contribution in [2.24, 2.45) is 5.41 Å². The maximum Gasteiger partial charge on any atom is 0.248 e. The zero-order valence-corrected chi connectivity index (χ0v) is 12.5. The van der Waals surface area contributed by atoms with E-state index in [0.717, 1.165) is 42.8 Å². The van der Waals surface area contributed by atoms with Crippen molar-refractivity contribution >= 4 is 22.8 Å². The molecule has 2 aliphatic rings. The number of H-pyrrole nitrogens is 1. The molecule has 7 nitrogen and oxygen atoms in total. The number of aromatic nitrogens is 3. The van der Waals surface area contributed by atoms with Crippen LogP contribution in [0.3, 0.4) is 0 Å². The normalized spacial score (nSPS) is 20.0. The number of aliphatic hydroxyl groups is 1. The first-order chi connectivity index (χ1) is 10.6. The number of nitrogens with one attached hydrogen (secondary N) is 1. The fraction of sp³-hybridized carbons (Fsp3) is 0.533. The van der Waals surface area contributed by atoms with Gasteiger partial charge in [-0.2, -0.15) is 0 Å². The van der Waals surface area contributed by atoms with Gasteiger partial charge in [0.1, 0.15) is 24.4 Å². The molecule has 0 bridgehead atoms. The van der Waals surface area contributed by atoms with Crippen LogP contribution in [0.2, 0.25) is 0 Å². The zero-order chi connectivity index (χ0) is 15.3. The number of aromatic amines is 1. The maximum atomic E-state index is 11.4. The molecule has 1 amide bonds. The van der Waals surface area contributed by atoms with Crippen molar-refractivity contribution in [2.75, 3.05) is 31.6 Å². The third-order valence-electron chi connectivity index (χ3n) is 5.09. The summed E-state index contributed by atoms with van der Waals surface area (Å²) in [6.45, 7) is 1.17. The van der Waals surface area contributed by atoms with E-state index in [1.54, 1.807) is 11.2 Å². The minimum absolute atomic E-state index is 0.160. The lowest BCUT2D eigenvalue weighted by atomic mass is 9.60. The maximum absolute atomic E-state index is 11.4. The Morgan fingerprint density at radius 1 is 1.50 bits per heavy atom. The van der Waals surface area contributed by atoms with Crippen LogP contribution in [-0.4, -0.2) is 63.7 Å². The highest BCUT2D eigenvalue weighted by molar-refractivity contribution is 5.87. The topological polar surface area (TPSA) is 85.4 Å². The number of fused-ring (bicyclic) bond motifs is 1. The predicted octanol–water partition coefficient (Wildman–Crippen LogP) is 0.377. The van der Waals surface area contributed by atoms with Gasteiger partial charge < -0.3 is 19.9 Å². The van der Waals surface area contributed by atoms with Gasteiger partial charge in [-0.05, 0) is 18.9 Å². The summed E-state index contributed by atoms with van der Waals surface area (Å²) in [6, 6.07) is 2.44. The lowest BCUT2D eigenvalue weighted by Gasteiger charge is -2.60. The SMILES string of the molecule is CN(c1ncnc2[nH]ccc12)C1CC2(C1)CN(C(=O)CO)C2. The van der Waals surface area contributed by atoms with E-state index in [-0.39, 0.29) is 17.9 Å². The van der Waals surface area contributed by atoms with Gasteiger partial charge in [0.05, 0.1) is 5.39 Å². The molecule has 1 saturated carbocycles. The summed E-state index contributed by atoms with van der Waals surface area (Å²) in [6.07, 6.45) is 5.59. The molecule has 0 radical (unpaired) electrons.